The zero-order chi connectivity index (χ0) is 102. The molecule has 4 aliphatic carbocycles. The van der Waals surface area contributed by atoms with E-state index in [-0.39, 0.29) is 123 Å². The highest BCUT2D eigenvalue weighted by atomic mass is 32.2. The quantitative estimate of drug-likeness (QED) is 0.0187. The van der Waals surface area contributed by atoms with Crippen LogP contribution in [0.3, 0.4) is 0 Å². The van der Waals surface area contributed by atoms with Crippen LogP contribution in [0.4, 0.5) is 4.79 Å². The van der Waals surface area contributed by atoms with E-state index < -0.39 is 123 Å². The Morgan fingerprint density at radius 1 is 0.338 bits per heavy atom. The Bertz CT molecular complexity index is 4750. The van der Waals surface area contributed by atoms with E-state index in [1.165, 1.54) is 191 Å². The van der Waals surface area contributed by atoms with Crippen LogP contribution < -0.4 is 67.9 Å². The molecule has 40 nitrogen and oxygen atoms in total. The molecule has 0 aromatic heterocycles. The van der Waals surface area contributed by atoms with E-state index in [4.69, 9.17) is 20.4 Å². The minimum Gasteiger partial charge on any atom is -0.481 e. The molecule has 8 rings (SSSR count). The van der Waals surface area contributed by atoms with E-state index in [1.54, 1.807) is 67.6 Å². The summed E-state index contributed by atoms with van der Waals surface area (Å²) in [5, 5.41) is 80.5. The number of carbonyl (C=O) groups excluding carboxylic acids is 11. The average molecular weight is 1990 g/mol. The Labute approximate surface area is 813 Å². The lowest BCUT2D eigenvalue weighted by Crippen LogP contribution is -2.48. The van der Waals surface area contributed by atoms with Crippen LogP contribution in [0.25, 0.3) is 0 Å². The van der Waals surface area contributed by atoms with Gasteiger partial charge in [0.2, 0.25) is 73.2 Å². The standard InChI is InChI=1S/C23H33N3O6.C21H24N4O6S.C21H31N3O6S.2C16H28N2O4/c27-20(12-11-17-7-3-1-4-8-17)24-14-13-21(28)25-15-19(22(29)30)26-23(31)32-16-18-9-5-2-6-10-18;1-14(22)15-7-9-16(10-8-15)20(27)23-12-11-19(26)24-13-18(21(28)29)25-32(30,31)17-5-3-2-4-6-17;25-19(12-11-16-7-3-1-4-8-16)22-14-13-20(26)23-15-18(21(27)28)24-31(29,30)17-9-5-2-6-10-17;1-12(16(21)22)10-17-15(20)11-18-14(19)9-5-8-13-6-3-2-4-7-13;1-12(16(21)22)11-18-15(20)9-10-17-14(19)8-7-13-5-3-2-4-6-13/h2,5-6,9-10,17,19H,1,3-4,7-8,11-16H2,(H,24,27)(H,25,28)(H,26,31)(H,29,30);2-10,18,22,25H,11-13H2,1H3,(H,23,27)(H,24,26)(H,28,29);2,5-6,9-10,16,18,24H,1,3-4,7-8,11-15H2,(H,22,25)(H,23,26)(H,27,28);12-13H,2-11H2,1H3,(H,17,20)(H,18,19)(H,21,22);12-13H,2-11H2,1H3,(H,17,19)(H,18,20)(H,21,22)/t;;;2*12-/m...00/s1. The van der Waals surface area contributed by atoms with Crippen LogP contribution in [-0.4, -0.2) is 227 Å². The molecule has 4 fully saturated rings. The molecule has 5 atom stereocenters. The number of carbonyl (C=O) groups is 16. The number of aliphatic carboxylic acids is 5. The molecule has 0 spiro atoms. The lowest BCUT2D eigenvalue weighted by Gasteiger charge is -2.21. The second-order valence-corrected chi connectivity index (χ2v) is 38.5. The first-order valence-corrected chi connectivity index (χ1v) is 50.9. The third-order valence-electron chi connectivity index (χ3n) is 23.6. The minimum absolute atomic E-state index is 0.00252. The third kappa shape index (κ3) is 54.6. The van der Waals surface area contributed by atoms with Gasteiger partial charge in [-0.05, 0) is 110 Å². The number of amides is 11. The van der Waals surface area contributed by atoms with Crippen LogP contribution in [0.2, 0.25) is 0 Å². The van der Waals surface area contributed by atoms with E-state index in [2.05, 4.69) is 63.2 Å². The lowest BCUT2D eigenvalue weighted by molar-refractivity contribution is -0.142. The molecule has 4 aromatic rings. The van der Waals surface area contributed by atoms with Crippen LogP contribution >= 0.6 is 0 Å². The largest absolute Gasteiger partial charge is 0.481 e. The summed E-state index contributed by atoms with van der Waals surface area (Å²) in [6.45, 7) is 4.27. The Morgan fingerprint density at radius 3 is 0.986 bits per heavy atom. The highest BCUT2D eigenvalue weighted by Crippen LogP contribution is 2.31. The summed E-state index contributed by atoms with van der Waals surface area (Å²) in [7, 11) is -8.11. The van der Waals surface area contributed by atoms with Crippen molar-refractivity contribution in [1.82, 2.24) is 67.9 Å². The number of benzene rings is 4. The maximum absolute atomic E-state index is 12.3. The lowest BCUT2D eigenvalue weighted by atomic mass is 9.86. The number of ether oxygens (including phenoxy) is 1. The Morgan fingerprint density at radius 2 is 0.640 bits per heavy atom. The second-order valence-electron chi connectivity index (χ2n) is 35.1. The predicted octanol–water partition coefficient (Wildman–Crippen LogP) is 7.87. The van der Waals surface area contributed by atoms with Crippen LogP contribution in [-0.2, 0) is 98.5 Å². The van der Waals surface area contributed by atoms with Crippen molar-refractivity contribution in [2.45, 2.75) is 267 Å². The fourth-order valence-corrected chi connectivity index (χ4v) is 17.6. The maximum Gasteiger partial charge on any atom is 0.408 e. The van der Waals surface area contributed by atoms with Gasteiger partial charge in [-0.2, -0.15) is 9.44 Å². The van der Waals surface area contributed by atoms with Gasteiger partial charge >= 0.3 is 35.9 Å². The number of alkyl carbamates (subject to hydrolysis) is 1. The first-order chi connectivity index (χ1) is 66.3. The number of sulfonamides is 2. The van der Waals surface area contributed by atoms with E-state index in [0.717, 1.165) is 43.6 Å². The summed E-state index contributed by atoms with van der Waals surface area (Å²) in [4.78, 5) is 185. The van der Waals surface area contributed by atoms with E-state index >= 15 is 0 Å². The van der Waals surface area contributed by atoms with Gasteiger partial charge in [-0.25, -0.2) is 26.4 Å². The molecule has 0 saturated heterocycles. The van der Waals surface area contributed by atoms with Crippen molar-refractivity contribution in [2.24, 2.45) is 35.5 Å². The molecule has 4 saturated carbocycles. The molecule has 0 heterocycles. The number of carboxylic acid groups (broad SMARTS) is 5. The second kappa shape index (κ2) is 67.9. The first kappa shape index (κ1) is 119. The van der Waals surface area contributed by atoms with Gasteiger partial charge < -0.3 is 94.2 Å². The molecule has 0 radical (unpaired) electrons. The van der Waals surface area contributed by atoms with Crippen molar-refractivity contribution >= 4 is 121 Å². The minimum atomic E-state index is -4.07. The molecule has 139 heavy (non-hydrogen) atoms. The van der Waals surface area contributed by atoms with Crippen molar-refractivity contribution < 1.29 is 124 Å². The van der Waals surface area contributed by atoms with Gasteiger partial charge in [-0.3, -0.25) is 67.1 Å². The van der Waals surface area contributed by atoms with Crippen LogP contribution in [0.1, 0.15) is 254 Å². The monoisotopic (exact) mass is 1980 g/mol. The molecule has 4 aromatic carbocycles. The van der Waals surface area contributed by atoms with E-state index in [0.29, 0.717) is 66.8 Å². The van der Waals surface area contributed by atoms with E-state index in [9.17, 15) is 109 Å². The number of nitrogens with one attached hydrogen (secondary N) is 14. The normalized spacial score (nSPS) is 15.0. The molecule has 0 aliphatic heterocycles. The Balaban J connectivity index is 0.000000366. The molecule has 19 N–H and O–H groups in total. The van der Waals surface area contributed by atoms with Gasteiger partial charge in [-0.15, -0.1) is 0 Å². The fourth-order valence-electron chi connectivity index (χ4n) is 15.2. The number of hydrogen-bond acceptors (Lipinski definition) is 22. The zero-order valence-electron chi connectivity index (χ0n) is 79.9. The van der Waals surface area contributed by atoms with Crippen molar-refractivity contribution in [3.63, 3.8) is 0 Å². The molecular formula is C97H144N14O26S2. The van der Waals surface area contributed by atoms with E-state index in [1.807, 2.05) is 10.8 Å². The first-order valence-electron chi connectivity index (χ1n) is 47.9. The van der Waals surface area contributed by atoms with Gasteiger partial charge in [0.15, 0.2) is 0 Å². The molecule has 0 bridgehead atoms. The van der Waals surface area contributed by atoms with Gasteiger partial charge in [-0.1, -0.05) is 221 Å². The van der Waals surface area contributed by atoms with Crippen LogP contribution in [0.15, 0.2) is 125 Å². The summed E-state index contributed by atoms with van der Waals surface area (Å²) in [6, 6.07) is 25.6. The molecule has 4 aliphatic rings. The Kier molecular flexibility index (Phi) is 58.1. The molecule has 11 amide bonds. The average Bonchev–Trinajstić information content (AvgIpc) is 0.837. The number of carboxylic acids is 5. The summed E-state index contributed by atoms with van der Waals surface area (Å²) in [5.74, 6) is -7.30. The number of hydrogen-bond donors (Lipinski definition) is 19. The van der Waals surface area contributed by atoms with Gasteiger partial charge in [0.05, 0.1) is 28.2 Å². The van der Waals surface area contributed by atoms with Crippen molar-refractivity contribution in [2.75, 3.05) is 65.4 Å². The molecule has 770 valence electrons. The summed E-state index contributed by atoms with van der Waals surface area (Å²) in [6.07, 6.45) is 30.8. The predicted molar refractivity (Wildman–Crippen MR) is 516 cm³/mol. The molecule has 3 unspecified atom stereocenters. The third-order valence-corrected chi connectivity index (χ3v) is 26.6. The molecular weight excluding hydrogens is 1840 g/mol. The number of rotatable bonds is 53. The summed E-state index contributed by atoms with van der Waals surface area (Å²) < 4.78 is 58.3. The van der Waals surface area contributed by atoms with Gasteiger partial charge in [0.1, 0.15) is 24.7 Å². The SMILES string of the molecule is CC(=N)c1ccc(C(=O)NCCC(=O)NCC(NS(=O)(=O)c2ccccc2)C(=O)O)cc1.C[C@@H](CNC(=O)CCNC(=O)CCC1CCCCC1)C(=O)O.C[C@@H](CNC(=O)CNC(=O)CCCC1CCCCC1)C(=O)O.O=C(CCC1CCCCC1)NCCC(=O)NCC(NC(=O)OCc1ccccc1)C(=O)O.O=C(CCC1CCCCC1)NCCC(=O)NCC(NS(=O)(=O)c1ccccc1)C(=O)O. The van der Waals surface area contributed by atoms with Crippen LogP contribution in [0, 0.1) is 40.9 Å². The zero-order valence-corrected chi connectivity index (χ0v) is 81.5. The van der Waals surface area contributed by atoms with Crippen LogP contribution in [0.5, 0.6) is 0 Å². The smallest absolute Gasteiger partial charge is 0.408 e. The Hall–Kier alpha value is -12.3. The van der Waals surface area contributed by atoms with Crippen molar-refractivity contribution in [1.29, 1.82) is 5.41 Å². The molecule has 42 heteroatoms. The summed E-state index contributed by atoms with van der Waals surface area (Å²) >= 11 is 0. The summed E-state index contributed by atoms with van der Waals surface area (Å²) in [5.41, 5.74) is 2.21. The topological polar surface area (TPSA) is 632 Å². The van der Waals surface area contributed by atoms with Crippen molar-refractivity contribution in [3.05, 3.63) is 132 Å². The maximum atomic E-state index is 12.3. The van der Waals surface area contributed by atoms with Gasteiger partial charge in [0.25, 0.3) is 5.91 Å². The highest BCUT2D eigenvalue weighted by molar-refractivity contribution is 7.89. The highest BCUT2D eigenvalue weighted by Gasteiger charge is 2.30. The van der Waals surface area contributed by atoms with Crippen molar-refractivity contribution in [3.8, 4) is 0 Å². The van der Waals surface area contributed by atoms with Gasteiger partial charge in [0, 0.05) is 122 Å². The fraction of sp³-hybridized carbons (Fsp3) is 0.577.